The van der Waals surface area contributed by atoms with E-state index in [2.05, 4.69) is 14.8 Å². The van der Waals surface area contributed by atoms with E-state index >= 15 is 0 Å². The van der Waals surface area contributed by atoms with E-state index < -0.39 is 33.9 Å². The lowest BCUT2D eigenvalue weighted by atomic mass is 10.1. The lowest BCUT2D eigenvalue weighted by molar-refractivity contribution is -0.117. The van der Waals surface area contributed by atoms with Gasteiger partial charge in [-0.15, -0.1) is 0 Å². The molecule has 0 aliphatic heterocycles. The number of carbonyl (C=O) groups is 3. The van der Waals surface area contributed by atoms with Crippen LogP contribution in [0, 0.1) is 0 Å². The van der Waals surface area contributed by atoms with Crippen LogP contribution in [0.25, 0.3) is 0 Å². The maximum Gasteiger partial charge on any atom is 0.337 e. The Morgan fingerprint density at radius 3 is 1.90 bits per heavy atom. The molecular formula is C21H24N2O7S. The van der Waals surface area contributed by atoms with Crippen LogP contribution >= 0.6 is 0 Å². The molecular weight excluding hydrogens is 424 g/mol. The minimum Gasteiger partial charge on any atom is -0.465 e. The first kappa shape index (κ1) is 23.9. The van der Waals surface area contributed by atoms with Crippen molar-refractivity contribution in [1.82, 2.24) is 0 Å². The summed E-state index contributed by atoms with van der Waals surface area (Å²) >= 11 is 0. The monoisotopic (exact) mass is 448 g/mol. The average Bonchev–Trinajstić information content (AvgIpc) is 2.75. The fraction of sp³-hybridized carbons (Fsp3) is 0.286. The Morgan fingerprint density at radius 1 is 0.968 bits per heavy atom. The predicted molar refractivity (Wildman–Crippen MR) is 116 cm³/mol. The number of para-hydroxylation sites is 1. The second-order valence-corrected chi connectivity index (χ2v) is 8.45. The number of benzene rings is 2. The molecule has 9 nitrogen and oxygen atoms in total. The standard InChI is InChI=1S/C21H24N2O7S/c1-5-18(23(31(4,27)28)17-9-7-6-8-10-17)19(24)22-16-12-14(20(25)29-2)11-15(13-16)21(26)30-3/h6-13,18H,5H2,1-4H3,(H,22,24)/t18-/m0/s1. The summed E-state index contributed by atoms with van der Waals surface area (Å²) in [7, 11) is -1.43. The van der Waals surface area contributed by atoms with Crippen LogP contribution in [0.15, 0.2) is 48.5 Å². The quantitative estimate of drug-likeness (QED) is 0.616. The Balaban J connectivity index is 2.45. The van der Waals surface area contributed by atoms with Crippen molar-refractivity contribution < 1.29 is 32.3 Å². The lowest BCUT2D eigenvalue weighted by Gasteiger charge is -2.30. The van der Waals surface area contributed by atoms with Crippen LogP contribution < -0.4 is 9.62 Å². The van der Waals surface area contributed by atoms with E-state index in [0.29, 0.717) is 5.69 Å². The maximum absolute atomic E-state index is 13.1. The molecule has 1 N–H and O–H groups in total. The van der Waals surface area contributed by atoms with E-state index in [1.165, 1.54) is 32.4 Å². The number of hydrogen-bond acceptors (Lipinski definition) is 7. The third-order valence-electron chi connectivity index (χ3n) is 4.38. The van der Waals surface area contributed by atoms with Crippen molar-refractivity contribution in [2.45, 2.75) is 19.4 Å². The number of nitrogens with one attached hydrogen (secondary N) is 1. The molecule has 2 rings (SSSR count). The molecule has 0 radical (unpaired) electrons. The molecule has 1 atom stereocenters. The summed E-state index contributed by atoms with van der Waals surface area (Å²) < 4.78 is 35.4. The van der Waals surface area contributed by atoms with Crippen LogP contribution in [0.3, 0.4) is 0 Å². The Bertz CT molecular complexity index is 1030. The van der Waals surface area contributed by atoms with Crippen molar-refractivity contribution >= 4 is 39.2 Å². The summed E-state index contributed by atoms with van der Waals surface area (Å²) in [6, 6.07) is 11.1. The molecule has 0 aromatic heterocycles. The van der Waals surface area contributed by atoms with Crippen LogP contribution in [-0.4, -0.2) is 52.8 Å². The van der Waals surface area contributed by atoms with Crippen molar-refractivity contribution in [3.63, 3.8) is 0 Å². The summed E-state index contributed by atoms with van der Waals surface area (Å²) in [5, 5.41) is 2.59. The van der Waals surface area contributed by atoms with Crippen molar-refractivity contribution in [2.75, 3.05) is 30.1 Å². The van der Waals surface area contributed by atoms with Gasteiger partial charge in [0.2, 0.25) is 15.9 Å². The molecule has 0 bridgehead atoms. The minimum atomic E-state index is -3.79. The van der Waals surface area contributed by atoms with Crippen LogP contribution in [0.2, 0.25) is 0 Å². The SMILES string of the molecule is CC[C@@H](C(=O)Nc1cc(C(=O)OC)cc(C(=O)OC)c1)N(c1ccccc1)S(C)(=O)=O. The number of amides is 1. The number of carbonyl (C=O) groups excluding carboxylic acids is 3. The van der Waals surface area contributed by atoms with E-state index in [1.54, 1.807) is 37.3 Å². The molecule has 0 heterocycles. The van der Waals surface area contributed by atoms with Crippen LogP contribution in [0.1, 0.15) is 34.1 Å². The summed E-state index contributed by atoms with van der Waals surface area (Å²) in [6.07, 6.45) is 1.19. The van der Waals surface area contributed by atoms with Gasteiger partial charge in [0.25, 0.3) is 0 Å². The number of anilines is 2. The molecule has 1 amide bonds. The number of rotatable bonds is 8. The summed E-state index contributed by atoms with van der Waals surface area (Å²) in [5.41, 5.74) is 0.507. The summed E-state index contributed by atoms with van der Waals surface area (Å²) in [6.45, 7) is 1.68. The molecule has 0 saturated heterocycles. The Labute approximate surface area is 181 Å². The molecule has 0 fully saturated rings. The highest BCUT2D eigenvalue weighted by molar-refractivity contribution is 7.92. The molecule has 31 heavy (non-hydrogen) atoms. The van der Waals surface area contributed by atoms with Gasteiger partial charge in [0.05, 0.1) is 37.3 Å². The second-order valence-electron chi connectivity index (χ2n) is 6.59. The van der Waals surface area contributed by atoms with Crippen LogP contribution in [0.4, 0.5) is 11.4 Å². The molecule has 10 heteroatoms. The van der Waals surface area contributed by atoms with Gasteiger partial charge in [-0.1, -0.05) is 25.1 Å². The van der Waals surface area contributed by atoms with Gasteiger partial charge in [0.15, 0.2) is 0 Å². The molecule has 0 saturated carbocycles. The number of sulfonamides is 1. The molecule has 0 aliphatic carbocycles. The second kappa shape index (κ2) is 10.1. The van der Waals surface area contributed by atoms with Crippen molar-refractivity contribution in [2.24, 2.45) is 0 Å². The number of nitrogens with zero attached hydrogens (tertiary/aromatic N) is 1. The molecule has 0 aliphatic rings. The zero-order valence-electron chi connectivity index (χ0n) is 17.6. The topological polar surface area (TPSA) is 119 Å². The van der Waals surface area contributed by atoms with Gasteiger partial charge in [-0.05, 0) is 36.8 Å². The first-order chi connectivity index (χ1) is 14.6. The number of methoxy groups -OCH3 is 2. The highest BCUT2D eigenvalue weighted by Gasteiger charge is 2.31. The smallest absolute Gasteiger partial charge is 0.337 e. The van der Waals surface area contributed by atoms with E-state index in [-0.39, 0.29) is 23.2 Å². The third-order valence-corrected chi connectivity index (χ3v) is 5.56. The zero-order valence-corrected chi connectivity index (χ0v) is 18.4. The van der Waals surface area contributed by atoms with Crippen molar-refractivity contribution in [1.29, 1.82) is 0 Å². The van der Waals surface area contributed by atoms with Gasteiger partial charge in [0.1, 0.15) is 6.04 Å². The van der Waals surface area contributed by atoms with E-state index in [1.807, 2.05) is 0 Å². The largest absolute Gasteiger partial charge is 0.465 e. The number of esters is 2. The normalized spacial score (nSPS) is 11.9. The average molecular weight is 448 g/mol. The van der Waals surface area contributed by atoms with Crippen molar-refractivity contribution in [3.8, 4) is 0 Å². The fourth-order valence-electron chi connectivity index (χ4n) is 3.03. The molecule has 0 spiro atoms. The first-order valence-corrected chi connectivity index (χ1v) is 11.1. The van der Waals surface area contributed by atoms with E-state index in [4.69, 9.17) is 0 Å². The third kappa shape index (κ3) is 5.82. The van der Waals surface area contributed by atoms with E-state index in [0.717, 1.165) is 10.6 Å². The number of ether oxygens (including phenoxy) is 2. The molecule has 2 aromatic carbocycles. The Morgan fingerprint density at radius 2 is 1.48 bits per heavy atom. The van der Waals surface area contributed by atoms with Crippen LogP contribution in [0.5, 0.6) is 0 Å². The lowest BCUT2D eigenvalue weighted by Crippen LogP contribution is -2.47. The maximum atomic E-state index is 13.1. The fourth-order valence-corrected chi connectivity index (χ4v) is 4.24. The molecule has 0 unspecified atom stereocenters. The predicted octanol–water partition coefficient (Wildman–Crippen LogP) is 2.44. The van der Waals surface area contributed by atoms with Gasteiger partial charge >= 0.3 is 11.9 Å². The van der Waals surface area contributed by atoms with E-state index in [9.17, 15) is 22.8 Å². The van der Waals surface area contributed by atoms with Gasteiger partial charge in [-0.3, -0.25) is 9.10 Å². The molecule has 166 valence electrons. The zero-order chi connectivity index (χ0) is 23.2. The highest BCUT2D eigenvalue weighted by atomic mass is 32.2. The van der Waals surface area contributed by atoms with Gasteiger partial charge in [0, 0.05) is 5.69 Å². The van der Waals surface area contributed by atoms with Gasteiger partial charge in [-0.2, -0.15) is 0 Å². The minimum absolute atomic E-state index is 0.0248. The van der Waals surface area contributed by atoms with Crippen LogP contribution in [-0.2, 0) is 24.3 Å². The summed E-state index contributed by atoms with van der Waals surface area (Å²) in [4.78, 5) is 37.0. The molecule has 2 aromatic rings. The van der Waals surface area contributed by atoms with Gasteiger partial charge < -0.3 is 14.8 Å². The highest BCUT2D eigenvalue weighted by Crippen LogP contribution is 2.24. The summed E-state index contributed by atoms with van der Waals surface area (Å²) in [5.74, 6) is -2.06. The Kier molecular flexibility index (Phi) is 7.76. The first-order valence-electron chi connectivity index (χ1n) is 9.29. The Hall–Kier alpha value is -3.40. The number of hydrogen-bond donors (Lipinski definition) is 1. The van der Waals surface area contributed by atoms with Gasteiger partial charge in [-0.25, -0.2) is 18.0 Å². The van der Waals surface area contributed by atoms with Crippen molar-refractivity contribution in [3.05, 3.63) is 59.7 Å².